The highest BCUT2D eigenvalue weighted by molar-refractivity contribution is 5.59. The number of fused-ring (bicyclic) bond motifs is 1. The van der Waals surface area contributed by atoms with Crippen molar-refractivity contribution in [1.29, 1.82) is 0 Å². The van der Waals surface area contributed by atoms with Gasteiger partial charge in [0.2, 0.25) is 0 Å². The van der Waals surface area contributed by atoms with Crippen LogP contribution in [0, 0.1) is 5.82 Å². The van der Waals surface area contributed by atoms with Crippen molar-refractivity contribution in [3.63, 3.8) is 0 Å². The van der Waals surface area contributed by atoms with E-state index in [1.54, 1.807) is 41.5 Å². The second-order valence-corrected chi connectivity index (χ2v) is 8.04. The third-order valence-electron chi connectivity index (χ3n) is 5.58. The molecule has 1 aliphatic carbocycles. The van der Waals surface area contributed by atoms with Crippen molar-refractivity contribution in [3.8, 4) is 23.0 Å². The molecule has 1 aliphatic rings. The second kappa shape index (κ2) is 9.52. The first-order chi connectivity index (χ1) is 16.6. The van der Waals surface area contributed by atoms with Crippen molar-refractivity contribution in [3.05, 3.63) is 71.8 Å². The van der Waals surface area contributed by atoms with E-state index in [0.717, 1.165) is 36.3 Å². The van der Waals surface area contributed by atoms with E-state index in [2.05, 4.69) is 15.1 Å². The lowest BCUT2D eigenvalue weighted by molar-refractivity contribution is 0.201. The Hall–Kier alpha value is -3.92. The molecular formula is C24H24FN7O2. The van der Waals surface area contributed by atoms with Crippen LogP contribution in [0.2, 0.25) is 0 Å². The molecule has 0 unspecified atom stereocenters. The van der Waals surface area contributed by atoms with E-state index >= 15 is 0 Å². The van der Waals surface area contributed by atoms with Gasteiger partial charge in [0, 0.05) is 30.6 Å². The van der Waals surface area contributed by atoms with Gasteiger partial charge in [-0.15, -0.1) is 5.10 Å². The third kappa shape index (κ3) is 4.58. The first kappa shape index (κ1) is 21.9. The molecule has 3 heterocycles. The maximum Gasteiger partial charge on any atom is 0.180 e. The van der Waals surface area contributed by atoms with E-state index in [4.69, 9.17) is 19.8 Å². The molecule has 174 valence electrons. The molecule has 9 nitrogen and oxygen atoms in total. The third-order valence-corrected chi connectivity index (χ3v) is 5.58. The van der Waals surface area contributed by atoms with Gasteiger partial charge in [0.05, 0.1) is 18.8 Å². The highest BCUT2D eigenvalue weighted by Gasteiger charge is 2.23. The summed E-state index contributed by atoms with van der Waals surface area (Å²) in [5.41, 5.74) is 3.37. The van der Waals surface area contributed by atoms with Gasteiger partial charge >= 0.3 is 0 Å². The molecule has 0 atom stereocenters. The van der Waals surface area contributed by atoms with E-state index in [0.29, 0.717) is 35.3 Å². The largest absolute Gasteiger partial charge is 0.491 e. The fraction of sp³-hybridized carbons (Fsp3) is 0.292. The molecule has 4 aromatic rings. The monoisotopic (exact) mass is 461 g/mol. The summed E-state index contributed by atoms with van der Waals surface area (Å²) >= 11 is 0. The molecule has 0 aliphatic heterocycles. The topological polar surface area (TPSA) is 102 Å². The van der Waals surface area contributed by atoms with Gasteiger partial charge in [0.25, 0.3) is 0 Å². The van der Waals surface area contributed by atoms with Crippen molar-refractivity contribution in [2.24, 2.45) is 0 Å². The predicted molar refractivity (Wildman–Crippen MR) is 123 cm³/mol. The van der Waals surface area contributed by atoms with Crippen LogP contribution in [0.4, 0.5) is 10.2 Å². The van der Waals surface area contributed by atoms with Gasteiger partial charge in [-0.05, 0) is 43.5 Å². The second-order valence-electron chi connectivity index (χ2n) is 8.04. The number of aryl methyl sites for hydroxylation is 1. The van der Waals surface area contributed by atoms with Gasteiger partial charge in [0.1, 0.15) is 36.0 Å². The summed E-state index contributed by atoms with van der Waals surface area (Å²) in [7, 11) is 1.95. The van der Waals surface area contributed by atoms with E-state index in [-0.39, 0.29) is 19.0 Å². The molecule has 34 heavy (non-hydrogen) atoms. The van der Waals surface area contributed by atoms with Crippen LogP contribution in [0.1, 0.15) is 23.5 Å². The lowest BCUT2D eigenvalue weighted by atomic mass is 10.2. The minimum Gasteiger partial charge on any atom is -0.491 e. The number of aliphatic hydroxyl groups is 1. The maximum atomic E-state index is 13.6. The van der Waals surface area contributed by atoms with Crippen LogP contribution in [-0.4, -0.2) is 55.1 Å². The van der Waals surface area contributed by atoms with Gasteiger partial charge in [-0.2, -0.15) is 0 Å². The fourth-order valence-corrected chi connectivity index (χ4v) is 4.03. The predicted octanol–water partition coefficient (Wildman–Crippen LogP) is 2.75. The van der Waals surface area contributed by atoms with E-state index < -0.39 is 0 Å². The number of ether oxygens (including phenoxy) is 1. The Morgan fingerprint density at radius 2 is 2.06 bits per heavy atom. The van der Waals surface area contributed by atoms with Gasteiger partial charge in [0.15, 0.2) is 11.6 Å². The van der Waals surface area contributed by atoms with Crippen LogP contribution in [0.15, 0.2) is 48.9 Å². The van der Waals surface area contributed by atoms with E-state index in [1.165, 1.54) is 12.1 Å². The number of aromatic nitrogens is 6. The molecule has 0 bridgehead atoms. The van der Waals surface area contributed by atoms with Crippen LogP contribution in [0.5, 0.6) is 5.75 Å². The standard InChI is InChI=1S/C24H24FN7O2/c1-31(14-22-27-15-32(30-22)17-5-2-4-16(25)12-17)24-19-6-3-7-20(19)28-23(29-24)21-13-18(8-9-26-21)34-11-10-33/h2,4-5,8-9,12-13,15,33H,3,6-7,10-11,14H2,1H3. The number of anilines is 1. The summed E-state index contributed by atoms with van der Waals surface area (Å²) in [6, 6.07) is 9.74. The normalized spacial score (nSPS) is 12.6. The maximum absolute atomic E-state index is 13.6. The van der Waals surface area contributed by atoms with Crippen molar-refractivity contribution in [2.45, 2.75) is 25.8 Å². The summed E-state index contributed by atoms with van der Waals surface area (Å²) in [6.45, 7) is 0.570. The summed E-state index contributed by atoms with van der Waals surface area (Å²) in [5, 5.41) is 13.5. The molecule has 0 radical (unpaired) electrons. The van der Waals surface area contributed by atoms with Crippen LogP contribution in [-0.2, 0) is 19.4 Å². The highest BCUT2D eigenvalue weighted by atomic mass is 19.1. The Labute approximate surface area is 195 Å². The number of hydrogen-bond donors (Lipinski definition) is 1. The Bertz CT molecular complexity index is 1310. The molecular weight excluding hydrogens is 437 g/mol. The molecule has 1 N–H and O–H groups in total. The van der Waals surface area contributed by atoms with Crippen LogP contribution in [0.25, 0.3) is 17.2 Å². The van der Waals surface area contributed by atoms with Crippen molar-refractivity contribution in [1.82, 2.24) is 29.7 Å². The lowest BCUT2D eigenvalue weighted by Gasteiger charge is -2.20. The average molecular weight is 462 g/mol. The van der Waals surface area contributed by atoms with Gasteiger partial charge in [-0.1, -0.05) is 6.07 Å². The van der Waals surface area contributed by atoms with Crippen LogP contribution < -0.4 is 9.64 Å². The number of nitrogens with zero attached hydrogens (tertiary/aromatic N) is 7. The molecule has 0 fully saturated rings. The minimum atomic E-state index is -0.324. The molecule has 3 aromatic heterocycles. The average Bonchev–Trinajstić information content (AvgIpc) is 3.52. The zero-order chi connectivity index (χ0) is 23.5. The Kier molecular flexibility index (Phi) is 6.13. The molecule has 0 saturated carbocycles. The SMILES string of the molecule is CN(Cc1ncn(-c2cccc(F)c2)n1)c1nc(-c2cc(OCCO)ccn2)nc2c1CCC2. The van der Waals surface area contributed by atoms with E-state index in [1.807, 2.05) is 11.9 Å². The molecule has 1 aromatic carbocycles. The lowest BCUT2D eigenvalue weighted by Crippen LogP contribution is -2.21. The summed E-state index contributed by atoms with van der Waals surface area (Å²) in [5.74, 6) is 2.22. The summed E-state index contributed by atoms with van der Waals surface area (Å²) in [6.07, 6.45) is 6.04. The first-order valence-corrected chi connectivity index (χ1v) is 11.1. The van der Waals surface area contributed by atoms with Crippen molar-refractivity contribution >= 4 is 5.82 Å². The molecule has 5 rings (SSSR count). The Morgan fingerprint density at radius 1 is 1.15 bits per heavy atom. The smallest absolute Gasteiger partial charge is 0.180 e. The summed E-state index contributed by atoms with van der Waals surface area (Å²) in [4.78, 5) is 20.4. The zero-order valence-electron chi connectivity index (χ0n) is 18.7. The molecule has 10 heteroatoms. The van der Waals surface area contributed by atoms with Crippen molar-refractivity contribution in [2.75, 3.05) is 25.2 Å². The zero-order valence-corrected chi connectivity index (χ0v) is 18.7. The van der Waals surface area contributed by atoms with E-state index in [9.17, 15) is 4.39 Å². The number of aliphatic hydroxyl groups excluding tert-OH is 1. The minimum absolute atomic E-state index is 0.0645. The quantitative estimate of drug-likeness (QED) is 0.427. The van der Waals surface area contributed by atoms with Crippen LogP contribution in [0.3, 0.4) is 0 Å². The molecule has 0 spiro atoms. The Morgan fingerprint density at radius 3 is 2.91 bits per heavy atom. The van der Waals surface area contributed by atoms with Gasteiger partial charge < -0.3 is 14.7 Å². The number of halogens is 1. The highest BCUT2D eigenvalue weighted by Crippen LogP contribution is 2.31. The van der Waals surface area contributed by atoms with Gasteiger partial charge in [-0.3, -0.25) is 4.98 Å². The first-order valence-electron chi connectivity index (χ1n) is 11.1. The van der Waals surface area contributed by atoms with Gasteiger partial charge in [-0.25, -0.2) is 24.0 Å². The fourth-order valence-electron chi connectivity index (χ4n) is 4.03. The van der Waals surface area contributed by atoms with Crippen molar-refractivity contribution < 1.29 is 14.2 Å². The molecule has 0 saturated heterocycles. The van der Waals surface area contributed by atoms with Crippen LogP contribution >= 0.6 is 0 Å². The molecule has 0 amide bonds. The number of rotatable bonds is 8. The number of hydrogen-bond acceptors (Lipinski definition) is 8. The Balaban J connectivity index is 1.42. The number of benzene rings is 1. The number of pyridine rings is 1. The summed E-state index contributed by atoms with van der Waals surface area (Å²) < 4.78 is 20.6.